The number of hydrogen-bond donors (Lipinski definition) is 0. The second kappa shape index (κ2) is 9.02. The van der Waals surface area contributed by atoms with Crippen LogP contribution in [0.25, 0.3) is 11.0 Å². The third-order valence-corrected chi connectivity index (χ3v) is 4.80. The molecule has 0 aliphatic carbocycles. The van der Waals surface area contributed by atoms with Crippen LogP contribution in [-0.2, 0) is 23.5 Å². The van der Waals surface area contributed by atoms with Crippen molar-refractivity contribution < 1.29 is 17.5 Å². The van der Waals surface area contributed by atoms with Crippen molar-refractivity contribution >= 4 is 33.0 Å². The van der Waals surface area contributed by atoms with Gasteiger partial charge in [-0.3, -0.25) is 13.3 Å². The van der Waals surface area contributed by atoms with Gasteiger partial charge in [-0.1, -0.05) is 35.9 Å². The fourth-order valence-corrected chi connectivity index (χ4v) is 3.46. The van der Waals surface area contributed by atoms with Crippen molar-refractivity contribution in [3.05, 3.63) is 64.9 Å². The van der Waals surface area contributed by atoms with E-state index in [9.17, 15) is 0 Å². The molecule has 0 N–H and O–H groups in total. The number of para-hydroxylation sites is 2. The molecule has 3 aromatic rings. The number of benzene rings is 2. The minimum Gasteiger partial charge on any atom is -0.759 e. The molecule has 0 bridgehead atoms. The lowest BCUT2D eigenvalue weighted by Gasteiger charge is -2.16. The molecule has 1 saturated heterocycles. The first-order valence-electron chi connectivity index (χ1n) is 8.87. The lowest BCUT2D eigenvalue weighted by Crippen LogP contribution is -2.21. The quantitative estimate of drug-likeness (QED) is 0.474. The molecule has 1 aromatic heterocycles. The summed E-state index contributed by atoms with van der Waals surface area (Å²) in [4.78, 5) is 7.38. The second-order valence-corrected chi connectivity index (χ2v) is 7.87. The van der Waals surface area contributed by atoms with Crippen molar-refractivity contribution in [1.29, 1.82) is 0 Å². The maximum absolute atomic E-state index is 8.52. The summed E-state index contributed by atoms with van der Waals surface area (Å²) >= 11 is 6.01. The minimum absolute atomic E-state index is 0.779. The highest BCUT2D eigenvalue weighted by atomic mass is 35.5. The van der Waals surface area contributed by atoms with Gasteiger partial charge in [0.1, 0.15) is 5.82 Å². The van der Waals surface area contributed by atoms with E-state index < -0.39 is 10.4 Å². The molecule has 0 unspecified atom stereocenters. The Hall–Kier alpha value is -1.97. The first-order chi connectivity index (χ1) is 13.3. The Bertz CT molecular complexity index is 1020. The highest BCUT2D eigenvalue weighted by Crippen LogP contribution is 2.21. The third-order valence-electron chi connectivity index (χ3n) is 4.55. The average Bonchev–Trinajstić information content (AvgIpc) is 3.24. The molecule has 2 aromatic carbocycles. The maximum atomic E-state index is 8.52. The molecule has 0 saturated carbocycles. The van der Waals surface area contributed by atoms with E-state index >= 15 is 0 Å². The first kappa shape index (κ1) is 20.8. The monoisotopic (exact) mass is 421 g/mol. The van der Waals surface area contributed by atoms with Crippen molar-refractivity contribution in [2.24, 2.45) is 0 Å². The molecule has 0 atom stereocenters. The molecule has 0 spiro atoms. The van der Waals surface area contributed by atoms with E-state index in [-0.39, 0.29) is 0 Å². The molecule has 1 fully saturated rings. The van der Waals surface area contributed by atoms with Crippen LogP contribution >= 0.6 is 11.6 Å². The zero-order valence-corrected chi connectivity index (χ0v) is 16.7. The van der Waals surface area contributed by atoms with Crippen molar-refractivity contribution in [2.75, 3.05) is 13.1 Å². The normalized spacial score (nSPS) is 14.8. The van der Waals surface area contributed by atoms with Gasteiger partial charge in [-0.15, -0.1) is 0 Å². The molecule has 150 valence electrons. The molecule has 1 aliphatic rings. The van der Waals surface area contributed by atoms with Gasteiger partial charge in [0.25, 0.3) is 0 Å². The van der Waals surface area contributed by atoms with Crippen LogP contribution in [0.1, 0.15) is 24.2 Å². The number of nitrogens with zero attached hydrogens (tertiary/aromatic N) is 3. The summed E-state index contributed by atoms with van der Waals surface area (Å²) in [6, 6.07) is 16.5. The molecule has 1 aliphatic heterocycles. The Morgan fingerprint density at radius 3 is 2.21 bits per heavy atom. The molecular weight excluding hydrogens is 402 g/mol. The molecule has 2 heterocycles. The number of likely N-dealkylation sites (tertiary alicyclic amines) is 1. The number of rotatable bonds is 4. The van der Waals surface area contributed by atoms with E-state index in [1.54, 1.807) is 0 Å². The number of imidazole rings is 1. The molecule has 7 nitrogen and oxygen atoms in total. The van der Waals surface area contributed by atoms with Crippen LogP contribution < -0.4 is 0 Å². The van der Waals surface area contributed by atoms with E-state index in [0.29, 0.717) is 0 Å². The summed E-state index contributed by atoms with van der Waals surface area (Å²) in [5, 5.41) is 0.779. The van der Waals surface area contributed by atoms with Crippen molar-refractivity contribution in [2.45, 2.75) is 25.9 Å². The Balaban J connectivity index is 0.000000403. The highest BCUT2D eigenvalue weighted by molar-refractivity contribution is 7.79. The summed E-state index contributed by atoms with van der Waals surface area (Å²) in [6.45, 7) is 4.14. The zero-order valence-electron chi connectivity index (χ0n) is 15.1. The highest BCUT2D eigenvalue weighted by Gasteiger charge is 2.17. The van der Waals surface area contributed by atoms with Gasteiger partial charge < -0.3 is 13.7 Å². The standard InChI is InChI=1S/C19H20ClN3.H2O4S/c20-16-9-7-15(8-10-16)13-23-18-6-2-1-5-17(18)21-19(23)14-22-11-3-4-12-22;1-5(2,3)4/h1-2,5-10H,3-4,11-14H2;(H2,1,2,3,4)/p-2. The van der Waals surface area contributed by atoms with Crippen LogP contribution in [-0.4, -0.2) is 45.1 Å². The summed E-state index contributed by atoms with van der Waals surface area (Å²) in [7, 11) is -5.17. The minimum atomic E-state index is -5.17. The topological polar surface area (TPSA) is 101 Å². The third kappa shape index (κ3) is 6.02. The van der Waals surface area contributed by atoms with E-state index in [0.717, 1.165) is 29.5 Å². The van der Waals surface area contributed by atoms with Gasteiger partial charge in [-0.25, -0.2) is 4.98 Å². The molecule has 28 heavy (non-hydrogen) atoms. The van der Waals surface area contributed by atoms with Crippen molar-refractivity contribution in [1.82, 2.24) is 14.5 Å². The SMILES string of the molecule is Clc1ccc(Cn2c(CN3CCCC3)nc3ccccc32)cc1.O=S(=O)([O-])[O-]. The van der Waals surface area contributed by atoms with Crippen LogP contribution in [0, 0.1) is 0 Å². The van der Waals surface area contributed by atoms with Gasteiger partial charge >= 0.3 is 0 Å². The van der Waals surface area contributed by atoms with Crippen LogP contribution in [0.15, 0.2) is 48.5 Å². The van der Waals surface area contributed by atoms with Crippen molar-refractivity contribution in [3.8, 4) is 0 Å². The van der Waals surface area contributed by atoms with Gasteiger partial charge in [0.05, 0.1) is 17.6 Å². The summed E-state index contributed by atoms with van der Waals surface area (Å²) < 4.78 is 36.4. The summed E-state index contributed by atoms with van der Waals surface area (Å²) in [5.74, 6) is 1.16. The number of halogens is 1. The Labute approximate surface area is 169 Å². The van der Waals surface area contributed by atoms with E-state index in [1.165, 1.54) is 37.0 Å². The Morgan fingerprint density at radius 2 is 1.57 bits per heavy atom. The fraction of sp³-hybridized carbons (Fsp3) is 0.316. The lowest BCUT2D eigenvalue weighted by atomic mass is 10.2. The number of fused-ring (bicyclic) bond motifs is 1. The van der Waals surface area contributed by atoms with Gasteiger partial charge in [0.15, 0.2) is 0 Å². The molecule has 0 radical (unpaired) electrons. The Morgan fingerprint density at radius 1 is 0.964 bits per heavy atom. The molecule has 9 heteroatoms. The van der Waals surface area contributed by atoms with E-state index in [1.807, 2.05) is 12.1 Å². The molecular formula is C19H20ClN3O4S-2. The van der Waals surface area contributed by atoms with Crippen LogP contribution in [0.4, 0.5) is 0 Å². The van der Waals surface area contributed by atoms with E-state index in [4.69, 9.17) is 34.1 Å². The second-order valence-electron chi connectivity index (χ2n) is 6.62. The fourth-order valence-electron chi connectivity index (χ4n) is 3.34. The van der Waals surface area contributed by atoms with Gasteiger partial charge in [0, 0.05) is 22.0 Å². The average molecular weight is 422 g/mol. The maximum Gasteiger partial charge on any atom is 0.124 e. The number of hydrogen-bond acceptors (Lipinski definition) is 6. The van der Waals surface area contributed by atoms with Crippen LogP contribution in [0.3, 0.4) is 0 Å². The Kier molecular flexibility index (Phi) is 6.69. The zero-order chi connectivity index (χ0) is 20.1. The molecule has 4 rings (SSSR count). The summed E-state index contributed by atoms with van der Waals surface area (Å²) in [6.07, 6.45) is 2.61. The first-order valence-corrected chi connectivity index (χ1v) is 10.6. The predicted octanol–water partition coefficient (Wildman–Crippen LogP) is 3.00. The predicted molar refractivity (Wildman–Crippen MR) is 105 cm³/mol. The van der Waals surface area contributed by atoms with Crippen LogP contribution in [0.5, 0.6) is 0 Å². The van der Waals surface area contributed by atoms with Crippen LogP contribution in [0.2, 0.25) is 5.02 Å². The van der Waals surface area contributed by atoms with E-state index in [2.05, 4.69) is 45.9 Å². The molecule has 0 amide bonds. The summed E-state index contributed by atoms with van der Waals surface area (Å²) in [5.41, 5.74) is 3.53. The van der Waals surface area contributed by atoms with Gasteiger partial charge in [-0.2, -0.15) is 0 Å². The van der Waals surface area contributed by atoms with Crippen molar-refractivity contribution in [3.63, 3.8) is 0 Å². The van der Waals surface area contributed by atoms with Gasteiger partial charge in [0.2, 0.25) is 0 Å². The smallest absolute Gasteiger partial charge is 0.124 e. The van der Waals surface area contributed by atoms with Gasteiger partial charge in [-0.05, 0) is 55.8 Å². The largest absolute Gasteiger partial charge is 0.759 e. The number of aromatic nitrogens is 2. The lowest BCUT2D eigenvalue weighted by molar-refractivity contribution is 0.318.